The normalized spacial score (nSPS) is 10.7. The van der Waals surface area contributed by atoms with Gasteiger partial charge < -0.3 is 9.47 Å². The number of halogens is 1. The molecule has 0 atom stereocenters. The summed E-state index contributed by atoms with van der Waals surface area (Å²) < 4.78 is 24.5. The maximum absolute atomic E-state index is 13.3. The maximum Gasteiger partial charge on any atom is 0.355 e. The molecule has 0 N–H and O–H groups in total. The van der Waals surface area contributed by atoms with Gasteiger partial charge in [-0.2, -0.15) is 0 Å². The molecule has 7 heteroatoms. The molecule has 0 saturated carbocycles. The quantitative estimate of drug-likeness (QED) is 0.723. The number of hydrogen-bond donors (Lipinski definition) is 0. The van der Waals surface area contributed by atoms with Gasteiger partial charge in [0, 0.05) is 5.69 Å². The van der Waals surface area contributed by atoms with Crippen LogP contribution in [0.5, 0.6) is 0 Å². The van der Waals surface area contributed by atoms with Crippen LogP contribution in [0.1, 0.15) is 60.0 Å². The molecule has 6 nitrogen and oxygen atoms in total. The van der Waals surface area contributed by atoms with E-state index in [1.165, 1.54) is 30.3 Å². The van der Waals surface area contributed by atoms with Gasteiger partial charge in [-0.25, -0.2) is 14.0 Å². The van der Waals surface area contributed by atoms with Crippen LogP contribution in [0.4, 0.5) is 4.39 Å². The molecule has 0 aliphatic heterocycles. The third kappa shape index (κ3) is 4.24. The predicted octanol–water partition coefficient (Wildman–Crippen LogP) is 3.45. The highest BCUT2D eigenvalue weighted by atomic mass is 19.1. The van der Waals surface area contributed by atoms with Gasteiger partial charge in [-0.15, -0.1) is 0 Å². The minimum absolute atomic E-state index is 0.0107. The first-order valence-electron chi connectivity index (χ1n) is 8.71. The summed E-state index contributed by atoms with van der Waals surface area (Å²) in [6.45, 7) is 7.16. The zero-order valence-electron chi connectivity index (χ0n) is 15.7. The van der Waals surface area contributed by atoms with Gasteiger partial charge in [0.2, 0.25) is 0 Å². The largest absolute Gasteiger partial charge is 0.462 e. The molecule has 0 spiro atoms. The van der Waals surface area contributed by atoms with E-state index in [0.717, 1.165) is 4.57 Å². The Bertz CT molecular complexity index is 900. The Morgan fingerprint density at radius 1 is 1.04 bits per heavy atom. The first kappa shape index (κ1) is 20.4. The van der Waals surface area contributed by atoms with E-state index < -0.39 is 23.3 Å². The fraction of sp³-hybridized carbons (Fsp3) is 0.350. The number of ether oxygens (including phenoxy) is 2. The summed E-state index contributed by atoms with van der Waals surface area (Å²) in [6, 6.07) is 6.43. The van der Waals surface area contributed by atoms with Crippen molar-refractivity contribution in [1.82, 2.24) is 4.57 Å². The number of benzene rings is 1. The van der Waals surface area contributed by atoms with E-state index in [1.807, 2.05) is 13.8 Å². The first-order valence-corrected chi connectivity index (χ1v) is 8.71. The number of aromatic nitrogens is 1. The van der Waals surface area contributed by atoms with Crippen LogP contribution in [-0.2, 0) is 9.47 Å². The van der Waals surface area contributed by atoms with Gasteiger partial charge in [0.15, 0.2) is 0 Å². The lowest BCUT2D eigenvalue weighted by atomic mass is 9.98. The van der Waals surface area contributed by atoms with Crippen LogP contribution in [0, 0.1) is 5.82 Å². The van der Waals surface area contributed by atoms with Crippen molar-refractivity contribution >= 4 is 11.9 Å². The van der Waals surface area contributed by atoms with Crippen molar-refractivity contribution in [2.45, 2.75) is 33.6 Å². The molecule has 144 valence electrons. The molecule has 2 aromatic rings. The monoisotopic (exact) mass is 375 g/mol. The van der Waals surface area contributed by atoms with Crippen LogP contribution in [-0.4, -0.2) is 29.7 Å². The second-order valence-corrected chi connectivity index (χ2v) is 6.07. The molecule has 1 heterocycles. The van der Waals surface area contributed by atoms with Crippen LogP contribution in [0.2, 0.25) is 0 Å². The van der Waals surface area contributed by atoms with Crippen molar-refractivity contribution in [2.75, 3.05) is 13.2 Å². The van der Waals surface area contributed by atoms with Gasteiger partial charge in [-0.05, 0) is 55.7 Å². The van der Waals surface area contributed by atoms with E-state index in [0.29, 0.717) is 5.56 Å². The lowest BCUT2D eigenvalue weighted by Crippen LogP contribution is -2.32. The molecular weight excluding hydrogens is 353 g/mol. The molecule has 0 saturated heterocycles. The van der Waals surface area contributed by atoms with Crippen LogP contribution < -0.4 is 5.56 Å². The minimum Gasteiger partial charge on any atom is -0.462 e. The van der Waals surface area contributed by atoms with Gasteiger partial charge in [0.1, 0.15) is 17.1 Å². The smallest absolute Gasteiger partial charge is 0.355 e. The van der Waals surface area contributed by atoms with Crippen LogP contribution in [0.15, 0.2) is 35.1 Å². The molecule has 1 aromatic carbocycles. The van der Waals surface area contributed by atoms with Crippen molar-refractivity contribution in [2.24, 2.45) is 0 Å². The Balaban J connectivity index is 2.89. The van der Waals surface area contributed by atoms with E-state index in [1.54, 1.807) is 13.8 Å². The molecule has 0 radical (unpaired) electrons. The van der Waals surface area contributed by atoms with Crippen molar-refractivity contribution in [3.8, 4) is 5.69 Å². The Morgan fingerprint density at radius 2 is 1.59 bits per heavy atom. The number of hydrogen-bond acceptors (Lipinski definition) is 5. The Labute approximate surface area is 156 Å². The van der Waals surface area contributed by atoms with Crippen LogP contribution in [0.3, 0.4) is 0 Å². The fourth-order valence-corrected chi connectivity index (χ4v) is 2.68. The molecule has 0 aliphatic carbocycles. The highest BCUT2D eigenvalue weighted by Crippen LogP contribution is 2.23. The van der Waals surface area contributed by atoms with Crippen LogP contribution in [0.25, 0.3) is 5.69 Å². The third-order valence-corrected chi connectivity index (χ3v) is 3.90. The first-order chi connectivity index (χ1) is 12.8. The average molecular weight is 375 g/mol. The summed E-state index contributed by atoms with van der Waals surface area (Å²) in [5, 5.41) is 0. The van der Waals surface area contributed by atoms with Gasteiger partial charge >= 0.3 is 11.9 Å². The predicted molar refractivity (Wildman–Crippen MR) is 98.0 cm³/mol. The van der Waals surface area contributed by atoms with Crippen molar-refractivity contribution in [3.05, 3.63) is 63.3 Å². The fourth-order valence-electron chi connectivity index (χ4n) is 2.68. The lowest BCUT2D eigenvalue weighted by molar-refractivity contribution is 0.0499. The molecule has 0 fully saturated rings. The Hall–Kier alpha value is -2.96. The highest BCUT2D eigenvalue weighted by Gasteiger charge is 2.27. The number of carbonyl (C=O) groups excluding carboxylic acids is 2. The molecule has 0 aliphatic rings. The highest BCUT2D eigenvalue weighted by molar-refractivity contribution is 5.94. The molecule has 1 aromatic heterocycles. The van der Waals surface area contributed by atoms with Crippen molar-refractivity contribution in [1.29, 1.82) is 0 Å². The summed E-state index contributed by atoms with van der Waals surface area (Å²) in [6.07, 6.45) is 0. The zero-order valence-corrected chi connectivity index (χ0v) is 15.7. The number of carbonyl (C=O) groups is 2. The Morgan fingerprint density at radius 3 is 2.11 bits per heavy atom. The summed E-state index contributed by atoms with van der Waals surface area (Å²) in [4.78, 5) is 37.9. The van der Waals surface area contributed by atoms with Crippen molar-refractivity contribution < 1.29 is 23.5 Å². The van der Waals surface area contributed by atoms with E-state index in [2.05, 4.69) is 0 Å². The minimum atomic E-state index is -0.782. The molecular formula is C20H22FNO5. The molecule has 27 heavy (non-hydrogen) atoms. The molecule has 0 amide bonds. The zero-order chi connectivity index (χ0) is 20.1. The second kappa shape index (κ2) is 8.62. The number of pyridine rings is 1. The third-order valence-electron chi connectivity index (χ3n) is 3.90. The number of rotatable bonds is 6. The maximum atomic E-state index is 13.3. The second-order valence-electron chi connectivity index (χ2n) is 6.07. The summed E-state index contributed by atoms with van der Waals surface area (Å²) in [5.74, 6) is -2.16. The summed E-state index contributed by atoms with van der Waals surface area (Å²) in [7, 11) is 0. The number of nitrogens with zero attached hydrogens (tertiary/aromatic N) is 1. The van der Waals surface area contributed by atoms with Crippen LogP contribution >= 0.6 is 0 Å². The summed E-state index contributed by atoms with van der Waals surface area (Å²) in [5.41, 5.74) is -0.208. The van der Waals surface area contributed by atoms with E-state index in [-0.39, 0.29) is 36.1 Å². The van der Waals surface area contributed by atoms with E-state index >= 15 is 0 Å². The number of esters is 2. The topological polar surface area (TPSA) is 74.6 Å². The summed E-state index contributed by atoms with van der Waals surface area (Å²) >= 11 is 0. The van der Waals surface area contributed by atoms with E-state index in [9.17, 15) is 18.8 Å². The van der Waals surface area contributed by atoms with Gasteiger partial charge in [-0.3, -0.25) is 9.36 Å². The molecule has 0 bridgehead atoms. The lowest BCUT2D eigenvalue weighted by Gasteiger charge is -2.19. The molecule has 0 unspecified atom stereocenters. The van der Waals surface area contributed by atoms with Gasteiger partial charge in [0.25, 0.3) is 5.56 Å². The van der Waals surface area contributed by atoms with Crippen molar-refractivity contribution in [3.63, 3.8) is 0 Å². The average Bonchev–Trinajstić information content (AvgIpc) is 2.62. The SMILES string of the molecule is CCOC(=O)c1cc(C(C)C)c(C(=O)OCC)n(-c2ccc(F)cc2)c1=O. The Kier molecular flexibility index (Phi) is 6.50. The van der Waals surface area contributed by atoms with E-state index in [4.69, 9.17) is 9.47 Å². The van der Waals surface area contributed by atoms with Gasteiger partial charge in [-0.1, -0.05) is 13.8 Å². The standard InChI is InChI=1S/C20H22FNO5/c1-5-26-19(24)16-11-15(12(3)4)17(20(25)27-6-2)22(18(16)23)14-9-7-13(21)8-10-14/h7-12H,5-6H2,1-4H3. The van der Waals surface area contributed by atoms with Gasteiger partial charge in [0.05, 0.1) is 13.2 Å². The molecule has 2 rings (SSSR count).